The van der Waals surface area contributed by atoms with Gasteiger partial charge in [-0.15, -0.1) is 11.3 Å². The second kappa shape index (κ2) is 4.32. The van der Waals surface area contributed by atoms with Gasteiger partial charge in [0.05, 0.1) is 7.11 Å². The maximum atomic E-state index is 11.8. The Morgan fingerprint density at radius 3 is 2.60 bits per heavy atom. The zero-order valence-corrected chi connectivity index (χ0v) is 10.3. The van der Waals surface area contributed by atoms with Crippen molar-refractivity contribution in [1.29, 1.82) is 0 Å². The zero-order valence-electron chi connectivity index (χ0n) is 8.68. The van der Waals surface area contributed by atoms with Crippen LogP contribution in [0.5, 0.6) is 5.75 Å². The fraction of sp³-hybridized carbons (Fsp3) is 0.444. The fourth-order valence-corrected chi connectivity index (χ4v) is 2.49. The third-order valence-corrected chi connectivity index (χ3v) is 4.49. The maximum Gasteiger partial charge on any atom is 0.194 e. The molecule has 84 valence electrons. The van der Waals surface area contributed by atoms with Crippen LogP contribution < -0.4 is 4.74 Å². The molecule has 1 rings (SSSR count). The van der Waals surface area contributed by atoms with E-state index in [0.29, 0.717) is 10.6 Å². The summed E-state index contributed by atoms with van der Waals surface area (Å²) in [6.45, 7) is 1.39. The Morgan fingerprint density at radius 1 is 1.53 bits per heavy atom. The first-order chi connectivity index (χ1) is 6.88. The fourth-order valence-electron chi connectivity index (χ4n) is 1.02. The topological polar surface area (TPSA) is 60.4 Å². The highest BCUT2D eigenvalue weighted by atomic mass is 32.2. The van der Waals surface area contributed by atoms with E-state index in [4.69, 9.17) is 4.74 Å². The van der Waals surface area contributed by atoms with Gasteiger partial charge in [-0.2, -0.15) is 0 Å². The van der Waals surface area contributed by atoms with Gasteiger partial charge >= 0.3 is 0 Å². The van der Waals surface area contributed by atoms with Crippen LogP contribution in [-0.2, 0) is 9.84 Å². The number of sulfone groups is 1. The van der Waals surface area contributed by atoms with E-state index >= 15 is 0 Å². The number of carbonyl (C=O) groups excluding carboxylic acids is 1. The Hall–Kier alpha value is -0.880. The second-order valence-electron chi connectivity index (χ2n) is 3.15. The highest BCUT2D eigenvalue weighted by Crippen LogP contribution is 2.26. The monoisotopic (exact) mass is 248 g/mol. The van der Waals surface area contributed by atoms with E-state index in [1.54, 1.807) is 11.4 Å². The second-order valence-corrected chi connectivity index (χ2v) is 6.44. The lowest BCUT2D eigenvalue weighted by atomic mass is 10.2. The van der Waals surface area contributed by atoms with Crippen molar-refractivity contribution in [3.8, 4) is 5.75 Å². The van der Waals surface area contributed by atoms with Crippen LogP contribution in [0.4, 0.5) is 0 Å². The van der Waals surface area contributed by atoms with Crippen LogP contribution in [0, 0.1) is 0 Å². The molecule has 1 aromatic heterocycles. The normalized spacial score (nSPS) is 13.5. The van der Waals surface area contributed by atoms with E-state index in [0.717, 1.165) is 6.26 Å². The van der Waals surface area contributed by atoms with Crippen molar-refractivity contribution >= 4 is 27.0 Å². The van der Waals surface area contributed by atoms with Crippen LogP contribution in [0.2, 0.25) is 0 Å². The van der Waals surface area contributed by atoms with E-state index in [-0.39, 0.29) is 0 Å². The van der Waals surface area contributed by atoms with Gasteiger partial charge in [0, 0.05) is 6.26 Å². The molecule has 0 aliphatic heterocycles. The molecule has 1 aromatic rings. The summed E-state index contributed by atoms with van der Waals surface area (Å²) in [5, 5.41) is 0.672. The van der Waals surface area contributed by atoms with E-state index in [9.17, 15) is 13.2 Å². The standard InChI is InChI=1S/C9H12O4S2/c1-6(15(3,11)12)8(10)9-7(13-2)4-5-14-9/h4-6H,1-3H3. The lowest BCUT2D eigenvalue weighted by Gasteiger charge is -2.07. The number of Topliss-reactive ketones (excluding diaryl/α,β-unsaturated/α-hetero) is 1. The summed E-state index contributed by atoms with van der Waals surface area (Å²) < 4.78 is 27.4. The molecule has 0 aliphatic rings. The maximum absolute atomic E-state index is 11.8. The number of rotatable bonds is 4. The summed E-state index contributed by atoms with van der Waals surface area (Å²) >= 11 is 1.19. The number of hydrogen-bond acceptors (Lipinski definition) is 5. The lowest BCUT2D eigenvalue weighted by Crippen LogP contribution is -2.25. The molecule has 0 bridgehead atoms. The quantitative estimate of drug-likeness (QED) is 0.755. The van der Waals surface area contributed by atoms with Crippen molar-refractivity contribution in [3.05, 3.63) is 16.3 Å². The molecule has 4 nitrogen and oxygen atoms in total. The molecular weight excluding hydrogens is 236 g/mol. The third-order valence-electron chi connectivity index (χ3n) is 2.08. The Balaban J connectivity index is 3.05. The zero-order chi connectivity index (χ0) is 11.6. The van der Waals surface area contributed by atoms with Gasteiger partial charge in [-0.1, -0.05) is 0 Å². The summed E-state index contributed by atoms with van der Waals surface area (Å²) in [5.74, 6) is 0.0184. The molecule has 1 atom stereocenters. The molecule has 1 heterocycles. The molecule has 0 radical (unpaired) electrons. The number of ketones is 1. The average Bonchev–Trinajstić information content (AvgIpc) is 2.61. The molecule has 0 N–H and O–H groups in total. The predicted molar refractivity (Wildman–Crippen MR) is 59.5 cm³/mol. The number of hydrogen-bond donors (Lipinski definition) is 0. The molecular formula is C9H12O4S2. The summed E-state index contributed by atoms with van der Waals surface area (Å²) in [4.78, 5) is 12.1. The minimum Gasteiger partial charge on any atom is -0.495 e. The minimum atomic E-state index is -3.35. The summed E-state index contributed by atoms with van der Waals surface area (Å²) in [5.41, 5.74) is 0. The molecule has 0 saturated heterocycles. The van der Waals surface area contributed by atoms with Crippen LogP contribution in [0.1, 0.15) is 16.6 Å². The van der Waals surface area contributed by atoms with Gasteiger partial charge in [0.2, 0.25) is 0 Å². The van der Waals surface area contributed by atoms with E-state index < -0.39 is 20.9 Å². The van der Waals surface area contributed by atoms with Gasteiger partial charge in [-0.25, -0.2) is 8.42 Å². The van der Waals surface area contributed by atoms with Crippen molar-refractivity contribution < 1.29 is 17.9 Å². The summed E-state index contributed by atoms with van der Waals surface area (Å²) in [6.07, 6.45) is 1.05. The molecule has 0 aromatic carbocycles. The first kappa shape index (κ1) is 12.2. The molecule has 0 aliphatic carbocycles. The van der Waals surface area contributed by atoms with Crippen molar-refractivity contribution in [2.24, 2.45) is 0 Å². The lowest BCUT2D eigenvalue weighted by molar-refractivity contribution is 0.0993. The molecule has 0 saturated carbocycles. The molecule has 0 fully saturated rings. The third kappa shape index (κ3) is 2.57. The van der Waals surface area contributed by atoms with Crippen molar-refractivity contribution in [2.75, 3.05) is 13.4 Å². The SMILES string of the molecule is COc1ccsc1C(=O)C(C)S(C)(=O)=O. The van der Waals surface area contributed by atoms with Crippen LogP contribution in [0.3, 0.4) is 0 Å². The number of ether oxygens (including phenoxy) is 1. The number of methoxy groups -OCH3 is 1. The molecule has 0 spiro atoms. The highest BCUT2D eigenvalue weighted by Gasteiger charge is 2.27. The summed E-state index contributed by atoms with van der Waals surface area (Å²) in [7, 11) is -1.90. The van der Waals surface area contributed by atoms with Crippen LogP contribution >= 0.6 is 11.3 Å². The van der Waals surface area contributed by atoms with Crippen molar-refractivity contribution in [3.63, 3.8) is 0 Å². The molecule has 0 amide bonds. The summed E-state index contributed by atoms with van der Waals surface area (Å²) in [6, 6.07) is 1.65. The van der Waals surface area contributed by atoms with Gasteiger partial charge in [0.15, 0.2) is 15.6 Å². The van der Waals surface area contributed by atoms with Gasteiger partial charge in [0.1, 0.15) is 15.9 Å². The molecule has 1 unspecified atom stereocenters. The van der Waals surface area contributed by atoms with E-state index in [1.165, 1.54) is 25.4 Å². The Bertz CT molecular complexity index is 458. The van der Waals surface area contributed by atoms with Gasteiger partial charge in [0.25, 0.3) is 0 Å². The minimum absolute atomic E-state index is 0.357. The van der Waals surface area contributed by atoms with Gasteiger partial charge in [-0.3, -0.25) is 4.79 Å². The first-order valence-electron chi connectivity index (χ1n) is 4.22. The highest BCUT2D eigenvalue weighted by molar-refractivity contribution is 7.92. The smallest absolute Gasteiger partial charge is 0.194 e. The van der Waals surface area contributed by atoms with Gasteiger partial charge in [-0.05, 0) is 18.4 Å². The molecule has 6 heteroatoms. The Kier molecular flexibility index (Phi) is 3.51. The number of thiophene rings is 1. The van der Waals surface area contributed by atoms with Gasteiger partial charge < -0.3 is 4.74 Å². The van der Waals surface area contributed by atoms with Crippen LogP contribution in [0.25, 0.3) is 0 Å². The van der Waals surface area contributed by atoms with Crippen molar-refractivity contribution in [2.45, 2.75) is 12.2 Å². The number of carbonyl (C=O) groups is 1. The Morgan fingerprint density at radius 2 is 2.13 bits per heavy atom. The van der Waals surface area contributed by atoms with Crippen LogP contribution in [-0.4, -0.2) is 32.8 Å². The van der Waals surface area contributed by atoms with Crippen LogP contribution in [0.15, 0.2) is 11.4 Å². The predicted octanol–water partition coefficient (Wildman–Crippen LogP) is 1.37. The van der Waals surface area contributed by atoms with E-state index in [1.807, 2.05) is 0 Å². The van der Waals surface area contributed by atoms with Crippen molar-refractivity contribution in [1.82, 2.24) is 0 Å². The first-order valence-corrected chi connectivity index (χ1v) is 7.06. The average molecular weight is 248 g/mol. The Labute approximate surface area is 92.8 Å². The molecule has 15 heavy (non-hydrogen) atoms. The largest absolute Gasteiger partial charge is 0.495 e. The van der Waals surface area contributed by atoms with E-state index in [2.05, 4.69) is 0 Å².